The zero-order valence-electron chi connectivity index (χ0n) is 12.8. The number of nitrogens with one attached hydrogen (secondary N) is 2. The smallest absolute Gasteiger partial charge is 0.427 e. The predicted octanol–water partition coefficient (Wildman–Crippen LogP) is 3.00. The van der Waals surface area contributed by atoms with E-state index >= 15 is 0 Å². The average molecular weight is 315 g/mol. The molecule has 0 unspecified atom stereocenters. The van der Waals surface area contributed by atoms with Crippen LogP contribution in [-0.2, 0) is 4.74 Å². The van der Waals surface area contributed by atoms with Crippen molar-refractivity contribution in [2.75, 3.05) is 11.9 Å². The van der Waals surface area contributed by atoms with Gasteiger partial charge in [-0.05, 0) is 43.7 Å². The fourth-order valence-electron chi connectivity index (χ4n) is 1.78. The van der Waals surface area contributed by atoms with Gasteiger partial charge in [-0.1, -0.05) is 12.1 Å². The number of hydrogen-bond acceptors (Lipinski definition) is 5. The number of carbonyl (C=O) groups excluding carboxylic acids is 2. The molecule has 7 nitrogen and oxygen atoms in total. The summed E-state index contributed by atoms with van der Waals surface area (Å²) in [5.41, 5.74) is 4.21. The molecule has 2 rings (SSSR count). The second-order valence-corrected chi connectivity index (χ2v) is 4.54. The first-order valence-corrected chi connectivity index (χ1v) is 7.02. The first kappa shape index (κ1) is 16.3. The van der Waals surface area contributed by atoms with E-state index in [0.717, 1.165) is 5.56 Å². The second kappa shape index (κ2) is 7.79. The van der Waals surface area contributed by atoms with Gasteiger partial charge in [0.25, 0.3) is 5.91 Å². The van der Waals surface area contributed by atoms with E-state index < -0.39 is 6.09 Å². The molecule has 0 aliphatic carbocycles. The molecule has 0 aliphatic heterocycles. The standard InChI is InChI=1S/C16H17N3O4/c1-3-22-16(21)19-18-11(2)12-6-4-7-13(10-12)17-15(20)14-8-5-9-23-14/h4-10H,3H2,1-2H3,(H,17,20)(H,19,21). The molecule has 120 valence electrons. The maximum Gasteiger partial charge on any atom is 0.427 e. The molecule has 2 aromatic rings. The van der Waals surface area contributed by atoms with Crippen molar-refractivity contribution >= 4 is 23.4 Å². The SMILES string of the molecule is CCOC(=O)NN=C(C)c1cccc(NC(=O)c2ccco2)c1. The van der Waals surface area contributed by atoms with Crippen molar-refractivity contribution in [3.8, 4) is 0 Å². The first-order valence-electron chi connectivity index (χ1n) is 7.02. The lowest BCUT2D eigenvalue weighted by Crippen LogP contribution is -2.20. The van der Waals surface area contributed by atoms with Crippen LogP contribution in [0.2, 0.25) is 0 Å². The van der Waals surface area contributed by atoms with Crippen LogP contribution in [0, 0.1) is 0 Å². The van der Waals surface area contributed by atoms with Crippen molar-refractivity contribution in [1.82, 2.24) is 5.43 Å². The Morgan fingerprint density at radius 3 is 2.78 bits per heavy atom. The molecule has 1 aromatic carbocycles. The van der Waals surface area contributed by atoms with Crippen LogP contribution in [0.1, 0.15) is 30.0 Å². The molecule has 0 radical (unpaired) electrons. The van der Waals surface area contributed by atoms with Crippen LogP contribution >= 0.6 is 0 Å². The number of furan rings is 1. The van der Waals surface area contributed by atoms with Crippen molar-refractivity contribution in [3.05, 3.63) is 54.0 Å². The van der Waals surface area contributed by atoms with E-state index in [1.165, 1.54) is 6.26 Å². The Kier molecular flexibility index (Phi) is 5.51. The van der Waals surface area contributed by atoms with Crippen molar-refractivity contribution in [3.63, 3.8) is 0 Å². The van der Waals surface area contributed by atoms with E-state index in [1.54, 1.807) is 44.2 Å². The third-order valence-corrected chi connectivity index (χ3v) is 2.87. The number of nitrogens with zero attached hydrogens (tertiary/aromatic N) is 1. The topological polar surface area (TPSA) is 92.9 Å². The molecule has 0 atom stereocenters. The van der Waals surface area contributed by atoms with Crippen LogP contribution in [0.3, 0.4) is 0 Å². The Labute approximate surface area is 133 Å². The summed E-state index contributed by atoms with van der Waals surface area (Å²) in [6.45, 7) is 3.72. The van der Waals surface area contributed by atoms with Gasteiger partial charge in [-0.15, -0.1) is 0 Å². The highest BCUT2D eigenvalue weighted by Gasteiger charge is 2.09. The molecule has 0 saturated heterocycles. The van der Waals surface area contributed by atoms with E-state index in [2.05, 4.69) is 15.8 Å². The number of anilines is 1. The third kappa shape index (κ3) is 4.70. The quantitative estimate of drug-likeness (QED) is 0.655. The van der Waals surface area contributed by atoms with E-state index in [9.17, 15) is 9.59 Å². The van der Waals surface area contributed by atoms with Gasteiger partial charge >= 0.3 is 6.09 Å². The van der Waals surface area contributed by atoms with Gasteiger partial charge < -0.3 is 14.5 Å². The van der Waals surface area contributed by atoms with Gasteiger partial charge in [0.15, 0.2) is 5.76 Å². The minimum Gasteiger partial charge on any atom is -0.459 e. The van der Waals surface area contributed by atoms with Crippen molar-refractivity contribution in [1.29, 1.82) is 0 Å². The van der Waals surface area contributed by atoms with Gasteiger partial charge in [0.05, 0.1) is 18.6 Å². The molecule has 0 aliphatic rings. The molecule has 1 aromatic heterocycles. The van der Waals surface area contributed by atoms with Crippen LogP contribution in [0.15, 0.2) is 52.2 Å². The van der Waals surface area contributed by atoms with Crippen LogP contribution in [-0.4, -0.2) is 24.3 Å². The summed E-state index contributed by atoms with van der Waals surface area (Å²) in [5, 5.41) is 6.67. The minimum atomic E-state index is -0.617. The molecule has 2 N–H and O–H groups in total. The van der Waals surface area contributed by atoms with Gasteiger partial charge in [-0.3, -0.25) is 4.79 Å². The molecular weight excluding hydrogens is 298 g/mol. The zero-order valence-corrected chi connectivity index (χ0v) is 12.8. The molecule has 0 fully saturated rings. The van der Waals surface area contributed by atoms with Crippen LogP contribution in [0.4, 0.5) is 10.5 Å². The lowest BCUT2D eigenvalue weighted by molar-refractivity contribution is 0.0996. The molecule has 23 heavy (non-hydrogen) atoms. The Bertz CT molecular complexity index is 708. The summed E-state index contributed by atoms with van der Waals surface area (Å²) in [6, 6.07) is 10.3. The molecule has 0 saturated carbocycles. The largest absolute Gasteiger partial charge is 0.459 e. The zero-order chi connectivity index (χ0) is 16.7. The molecule has 0 bridgehead atoms. The highest BCUT2D eigenvalue weighted by atomic mass is 16.5. The lowest BCUT2D eigenvalue weighted by Gasteiger charge is -2.07. The Morgan fingerprint density at radius 2 is 2.09 bits per heavy atom. The van der Waals surface area contributed by atoms with E-state index in [4.69, 9.17) is 9.15 Å². The van der Waals surface area contributed by atoms with Crippen molar-refractivity contribution < 1.29 is 18.7 Å². The highest BCUT2D eigenvalue weighted by Crippen LogP contribution is 2.13. The maximum atomic E-state index is 11.9. The summed E-state index contributed by atoms with van der Waals surface area (Å²) in [4.78, 5) is 23.1. The highest BCUT2D eigenvalue weighted by molar-refractivity contribution is 6.04. The number of hydrogen-bond donors (Lipinski definition) is 2. The number of amides is 2. The number of carbonyl (C=O) groups is 2. The third-order valence-electron chi connectivity index (χ3n) is 2.87. The molecule has 7 heteroatoms. The van der Waals surface area contributed by atoms with Crippen LogP contribution in [0.5, 0.6) is 0 Å². The van der Waals surface area contributed by atoms with Crippen LogP contribution in [0.25, 0.3) is 0 Å². The van der Waals surface area contributed by atoms with Gasteiger partial charge in [0.1, 0.15) is 0 Å². The van der Waals surface area contributed by atoms with E-state index in [1.807, 2.05) is 6.07 Å². The normalized spacial score (nSPS) is 11.0. The van der Waals surface area contributed by atoms with Crippen molar-refractivity contribution in [2.24, 2.45) is 5.10 Å². The van der Waals surface area contributed by atoms with Crippen molar-refractivity contribution in [2.45, 2.75) is 13.8 Å². The fourth-order valence-corrected chi connectivity index (χ4v) is 1.78. The first-order chi connectivity index (χ1) is 11.1. The van der Waals surface area contributed by atoms with Gasteiger partial charge in [0, 0.05) is 5.69 Å². The van der Waals surface area contributed by atoms with E-state index in [-0.39, 0.29) is 18.3 Å². The molecular formula is C16H17N3O4. The predicted molar refractivity (Wildman–Crippen MR) is 85.5 cm³/mol. The average Bonchev–Trinajstić information content (AvgIpc) is 3.08. The Balaban J connectivity index is 2.05. The van der Waals surface area contributed by atoms with E-state index in [0.29, 0.717) is 11.4 Å². The Morgan fingerprint density at radius 1 is 1.26 bits per heavy atom. The summed E-state index contributed by atoms with van der Waals surface area (Å²) in [6.07, 6.45) is 0.817. The fraction of sp³-hybridized carbons (Fsp3) is 0.188. The number of rotatable bonds is 5. The summed E-state index contributed by atoms with van der Waals surface area (Å²) in [5.74, 6) is -0.115. The summed E-state index contributed by atoms with van der Waals surface area (Å²) in [7, 11) is 0. The van der Waals surface area contributed by atoms with Gasteiger partial charge in [-0.25, -0.2) is 10.2 Å². The number of hydrazone groups is 1. The minimum absolute atomic E-state index is 0.227. The maximum absolute atomic E-state index is 11.9. The number of benzene rings is 1. The molecule has 0 spiro atoms. The molecule has 2 amide bonds. The monoisotopic (exact) mass is 315 g/mol. The molecule has 1 heterocycles. The van der Waals surface area contributed by atoms with Gasteiger partial charge in [0.2, 0.25) is 0 Å². The summed E-state index contributed by atoms with van der Waals surface area (Å²) >= 11 is 0. The van der Waals surface area contributed by atoms with Crippen LogP contribution < -0.4 is 10.7 Å². The Hall–Kier alpha value is -3.09. The second-order valence-electron chi connectivity index (χ2n) is 4.54. The number of ether oxygens (including phenoxy) is 1. The van der Waals surface area contributed by atoms with Gasteiger partial charge in [-0.2, -0.15) is 5.10 Å². The lowest BCUT2D eigenvalue weighted by atomic mass is 10.1. The summed E-state index contributed by atoms with van der Waals surface area (Å²) < 4.78 is 9.76.